The molecule has 3 heteroatoms. The molecule has 2 bridgehead atoms. The molecule has 1 N–H and O–H groups in total. The minimum Gasteiger partial charge on any atom is -0.314 e. The Labute approximate surface area is 112 Å². The van der Waals surface area contributed by atoms with Crippen LogP contribution >= 0.6 is 0 Å². The van der Waals surface area contributed by atoms with E-state index in [1.165, 1.54) is 71.1 Å². The summed E-state index contributed by atoms with van der Waals surface area (Å²) in [5.74, 6) is 0. The first-order valence-electron chi connectivity index (χ1n) is 8.00. The Morgan fingerprint density at radius 3 is 2.67 bits per heavy atom. The first kappa shape index (κ1) is 12.9. The van der Waals surface area contributed by atoms with E-state index in [9.17, 15) is 0 Å². The van der Waals surface area contributed by atoms with E-state index in [-0.39, 0.29) is 0 Å². The van der Waals surface area contributed by atoms with Gasteiger partial charge in [0.05, 0.1) is 0 Å². The number of nitrogens with zero attached hydrogens (tertiary/aromatic N) is 2. The summed E-state index contributed by atoms with van der Waals surface area (Å²) in [6.45, 7) is 5.22. The normalized spacial score (nSPS) is 33.8. The molecule has 0 aromatic heterocycles. The summed E-state index contributed by atoms with van der Waals surface area (Å²) in [5, 5.41) is 3.61. The largest absolute Gasteiger partial charge is 0.314 e. The molecule has 2 saturated heterocycles. The van der Waals surface area contributed by atoms with Crippen molar-refractivity contribution in [3.63, 3.8) is 0 Å². The summed E-state index contributed by atoms with van der Waals surface area (Å²) in [5.41, 5.74) is 0. The Hall–Kier alpha value is -0.120. The van der Waals surface area contributed by atoms with E-state index in [1.54, 1.807) is 0 Å². The molecule has 0 spiro atoms. The Morgan fingerprint density at radius 1 is 1.00 bits per heavy atom. The third-order valence-corrected chi connectivity index (χ3v) is 5.14. The maximum Gasteiger partial charge on any atom is 0.0223 e. The van der Waals surface area contributed by atoms with Gasteiger partial charge < -0.3 is 10.2 Å². The van der Waals surface area contributed by atoms with E-state index in [2.05, 4.69) is 22.2 Å². The second-order valence-corrected chi connectivity index (χ2v) is 6.58. The molecule has 2 atom stereocenters. The van der Waals surface area contributed by atoms with Gasteiger partial charge in [0, 0.05) is 24.7 Å². The van der Waals surface area contributed by atoms with Gasteiger partial charge in [-0.2, -0.15) is 0 Å². The first-order chi connectivity index (χ1) is 8.83. The maximum atomic E-state index is 3.61. The van der Waals surface area contributed by atoms with Crippen LogP contribution in [-0.2, 0) is 0 Å². The average molecular weight is 251 g/mol. The van der Waals surface area contributed by atoms with Gasteiger partial charge in [0.1, 0.15) is 0 Å². The summed E-state index contributed by atoms with van der Waals surface area (Å²) < 4.78 is 0. The van der Waals surface area contributed by atoms with Gasteiger partial charge in [-0.15, -0.1) is 0 Å². The van der Waals surface area contributed by atoms with Gasteiger partial charge in [-0.05, 0) is 71.6 Å². The van der Waals surface area contributed by atoms with Gasteiger partial charge in [0.15, 0.2) is 0 Å². The zero-order valence-corrected chi connectivity index (χ0v) is 11.9. The van der Waals surface area contributed by atoms with E-state index < -0.39 is 0 Å². The lowest BCUT2D eigenvalue weighted by molar-refractivity contribution is 0.217. The molecule has 0 aromatic carbocycles. The van der Waals surface area contributed by atoms with E-state index in [1.807, 2.05) is 0 Å². The monoisotopic (exact) mass is 251 g/mol. The number of likely N-dealkylation sites (N-methyl/N-ethyl adjacent to an activating group) is 1. The van der Waals surface area contributed by atoms with Gasteiger partial charge >= 0.3 is 0 Å². The van der Waals surface area contributed by atoms with Crippen molar-refractivity contribution in [1.29, 1.82) is 0 Å². The second kappa shape index (κ2) is 5.89. The molecule has 1 aliphatic carbocycles. The van der Waals surface area contributed by atoms with Crippen LogP contribution in [0.2, 0.25) is 0 Å². The minimum atomic E-state index is 0.849. The third kappa shape index (κ3) is 3.25. The number of unbranched alkanes of at least 4 members (excludes halogenated alkanes) is 1. The highest BCUT2D eigenvalue weighted by molar-refractivity contribution is 4.90. The molecule has 0 aromatic rings. The van der Waals surface area contributed by atoms with Crippen molar-refractivity contribution in [2.24, 2.45) is 0 Å². The molecule has 3 rings (SSSR count). The third-order valence-electron chi connectivity index (χ3n) is 5.14. The van der Waals surface area contributed by atoms with Crippen LogP contribution in [0.3, 0.4) is 0 Å². The number of hydrogen-bond donors (Lipinski definition) is 1. The van der Waals surface area contributed by atoms with Crippen LogP contribution < -0.4 is 5.32 Å². The summed E-state index contributed by atoms with van der Waals surface area (Å²) >= 11 is 0. The fraction of sp³-hybridized carbons (Fsp3) is 1.00. The summed E-state index contributed by atoms with van der Waals surface area (Å²) in [6, 6.07) is 2.62. The number of fused-ring (bicyclic) bond motifs is 2. The van der Waals surface area contributed by atoms with Gasteiger partial charge in [0.25, 0.3) is 0 Å². The summed E-state index contributed by atoms with van der Waals surface area (Å²) in [6.07, 6.45) is 9.84. The topological polar surface area (TPSA) is 18.5 Å². The Bertz CT molecular complexity index is 264. The molecule has 1 saturated carbocycles. The Kier molecular flexibility index (Phi) is 4.22. The van der Waals surface area contributed by atoms with E-state index in [0.717, 1.165) is 18.1 Å². The minimum absolute atomic E-state index is 0.849. The molecule has 0 amide bonds. The molecule has 2 aliphatic heterocycles. The molecule has 2 heterocycles. The van der Waals surface area contributed by atoms with Crippen LogP contribution in [0.4, 0.5) is 0 Å². The van der Waals surface area contributed by atoms with Crippen molar-refractivity contribution in [2.45, 2.75) is 63.1 Å². The summed E-state index contributed by atoms with van der Waals surface area (Å²) in [4.78, 5) is 5.37. The molecule has 0 radical (unpaired) electrons. The van der Waals surface area contributed by atoms with Crippen LogP contribution in [0.25, 0.3) is 0 Å². The SMILES string of the molecule is CN1C2CCC1CN(CCCCNC1CC1)CC2. The smallest absolute Gasteiger partial charge is 0.0223 e. The van der Waals surface area contributed by atoms with Crippen LogP contribution in [-0.4, -0.2) is 61.2 Å². The van der Waals surface area contributed by atoms with Crippen molar-refractivity contribution < 1.29 is 0 Å². The van der Waals surface area contributed by atoms with Crippen molar-refractivity contribution in [3.05, 3.63) is 0 Å². The standard InChI is InChI=1S/C15H29N3/c1-17-14-6-7-15(17)12-18(11-8-14)10-3-2-9-16-13-4-5-13/h13-16H,2-12H2,1H3. The Morgan fingerprint density at radius 2 is 1.83 bits per heavy atom. The zero-order valence-electron chi connectivity index (χ0n) is 11.9. The van der Waals surface area contributed by atoms with Crippen LogP contribution in [0.1, 0.15) is 44.9 Å². The highest BCUT2D eigenvalue weighted by Crippen LogP contribution is 2.28. The molecule has 3 nitrogen and oxygen atoms in total. The van der Waals surface area contributed by atoms with Gasteiger partial charge in [-0.3, -0.25) is 4.90 Å². The predicted octanol–water partition coefficient (Wildman–Crippen LogP) is 1.69. The van der Waals surface area contributed by atoms with E-state index in [4.69, 9.17) is 0 Å². The fourth-order valence-electron chi connectivity index (χ4n) is 3.64. The van der Waals surface area contributed by atoms with Crippen molar-refractivity contribution in [3.8, 4) is 0 Å². The lowest BCUT2D eigenvalue weighted by Crippen LogP contribution is -2.37. The predicted molar refractivity (Wildman–Crippen MR) is 75.9 cm³/mol. The second-order valence-electron chi connectivity index (χ2n) is 6.58. The molecule has 2 unspecified atom stereocenters. The number of nitrogens with one attached hydrogen (secondary N) is 1. The number of likely N-dealkylation sites (tertiary alicyclic amines) is 1. The quantitative estimate of drug-likeness (QED) is 0.725. The van der Waals surface area contributed by atoms with Crippen LogP contribution in [0.15, 0.2) is 0 Å². The molecule has 18 heavy (non-hydrogen) atoms. The zero-order chi connectivity index (χ0) is 12.4. The van der Waals surface area contributed by atoms with E-state index >= 15 is 0 Å². The maximum absolute atomic E-state index is 3.61. The number of hydrogen-bond acceptors (Lipinski definition) is 3. The van der Waals surface area contributed by atoms with E-state index in [0.29, 0.717) is 0 Å². The molecule has 3 aliphatic rings. The lowest BCUT2D eigenvalue weighted by atomic mass is 10.1. The molecular weight excluding hydrogens is 222 g/mol. The Balaban J connectivity index is 1.32. The number of rotatable bonds is 6. The average Bonchev–Trinajstić information content (AvgIpc) is 3.10. The highest BCUT2D eigenvalue weighted by Gasteiger charge is 2.34. The first-order valence-corrected chi connectivity index (χ1v) is 8.00. The van der Waals surface area contributed by atoms with Crippen LogP contribution in [0.5, 0.6) is 0 Å². The molecular formula is C15H29N3. The van der Waals surface area contributed by atoms with Crippen molar-refractivity contribution in [1.82, 2.24) is 15.1 Å². The van der Waals surface area contributed by atoms with Gasteiger partial charge in [-0.25, -0.2) is 0 Å². The lowest BCUT2D eigenvalue weighted by Gasteiger charge is -2.25. The van der Waals surface area contributed by atoms with Crippen molar-refractivity contribution in [2.75, 3.05) is 33.2 Å². The fourth-order valence-corrected chi connectivity index (χ4v) is 3.64. The van der Waals surface area contributed by atoms with Crippen molar-refractivity contribution >= 4 is 0 Å². The summed E-state index contributed by atoms with van der Waals surface area (Å²) in [7, 11) is 2.34. The van der Waals surface area contributed by atoms with Gasteiger partial charge in [-0.1, -0.05) is 0 Å². The van der Waals surface area contributed by atoms with Crippen LogP contribution in [0, 0.1) is 0 Å². The molecule has 104 valence electrons. The highest BCUT2D eigenvalue weighted by atomic mass is 15.3. The molecule has 3 fully saturated rings. The van der Waals surface area contributed by atoms with Gasteiger partial charge in [0.2, 0.25) is 0 Å².